The van der Waals surface area contributed by atoms with Gasteiger partial charge in [-0.05, 0) is 11.5 Å². The van der Waals surface area contributed by atoms with E-state index in [0.29, 0.717) is 0 Å². The molecule has 0 bridgehead atoms. The number of nitrogens with zero attached hydrogens (tertiary/aromatic N) is 2. The van der Waals surface area contributed by atoms with E-state index in [2.05, 4.69) is 24.1 Å². The smallest absolute Gasteiger partial charge is 0.102 e. The maximum absolute atomic E-state index is 4.07. The predicted molar refractivity (Wildman–Crippen MR) is 55.8 cm³/mol. The van der Waals surface area contributed by atoms with Crippen LogP contribution in [0.15, 0.2) is 10.2 Å². The number of rotatable bonds is 2. The first kappa shape index (κ1) is 9.13. The Labute approximate surface area is 75.9 Å². The van der Waals surface area contributed by atoms with Crippen molar-refractivity contribution in [1.82, 2.24) is 0 Å². The average molecular weight is 188 g/mol. The minimum atomic E-state index is 0.969. The summed E-state index contributed by atoms with van der Waals surface area (Å²) in [5.41, 5.74) is 0. The highest BCUT2D eigenvalue weighted by Gasteiger charge is 2.11. The molecule has 11 heavy (non-hydrogen) atoms. The van der Waals surface area contributed by atoms with Crippen molar-refractivity contribution in [1.29, 1.82) is 0 Å². The molecule has 2 nitrogen and oxygen atoms in total. The van der Waals surface area contributed by atoms with E-state index in [9.17, 15) is 0 Å². The maximum Gasteiger partial charge on any atom is 0.102 e. The summed E-state index contributed by atoms with van der Waals surface area (Å²) >= 11 is 3.58. The van der Waals surface area contributed by atoms with Crippen molar-refractivity contribution in [3.8, 4) is 0 Å². The van der Waals surface area contributed by atoms with Crippen molar-refractivity contribution in [2.45, 2.75) is 20.3 Å². The lowest BCUT2D eigenvalue weighted by Gasteiger charge is -1.95. The van der Waals surface area contributed by atoms with Crippen molar-refractivity contribution >= 4 is 33.6 Å². The van der Waals surface area contributed by atoms with E-state index in [-0.39, 0.29) is 0 Å². The molecule has 0 unspecified atom stereocenters. The minimum absolute atomic E-state index is 0.969. The third-order valence-electron chi connectivity index (χ3n) is 1.20. The largest absolute Gasteiger partial charge is 0.147 e. The Morgan fingerprint density at radius 3 is 1.91 bits per heavy atom. The van der Waals surface area contributed by atoms with Crippen LogP contribution in [0.2, 0.25) is 0 Å². The molecule has 0 atom stereocenters. The highest BCUT2D eigenvalue weighted by Crippen LogP contribution is 2.19. The van der Waals surface area contributed by atoms with Crippen LogP contribution in [0.25, 0.3) is 0 Å². The van der Waals surface area contributed by atoms with E-state index in [0.717, 1.165) is 17.9 Å². The van der Waals surface area contributed by atoms with Gasteiger partial charge < -0.3 is 0 Å². The van der Waals surface area contributed by atoms with Gasteiger partial charge in [0.05, 0.1) is 0 Å². The molecule has 0 aromatic carbocycles. The molecule has 62 valence electrons. The van der Waals surface area contributed by atoms with Crippen LogP contribution >= 0.6 is 23.5 Å². The van der Waals surface area contributed by atoms with Gasteiger partial charge in [-0.3, -0.25) is 0 Å². The molecule has 0 amide bonds. The summed E-state index contributed by atoms with van der Waals surface area (Å²) in [7, 11) is 0. The molecule has 1 aliphatic rings. The Bertz CT molecular complexity index is 167. The van der Waals surface area contributed by atoms with E-state index in [1.54, 1.807) is 23.5 Å². The van der Waals surface area contributed by atoms with Gasteiger partial charge >= 0.3 is 0 Å². The molecule has 0 fully saturated rings. The molecule has 0 aromatic heterocycles. The molecule has 4 heteroatoms. The van der Waals surface area contributed by atoms with Gasteiger partial charge in [-0.2, -0.15) is 0 Å². The second-order valence-corrected chi connectivity index (χ2v) is 4.70. The zero-order chi connectivity index (χ0) is 8.10. The van der Waals surface area contributed by atoms with Crippen molar-refractivity contribution in [3.63, 3.8) is 0 Å². The fourth-order valence-electron chi connectivity index (χ4n) is 0.805. The van der Waals surface area contributed by atoms with E-state index in [1.165, 1.54) is 10.1 Å². The Morgan fingerprint density at radius 2 is 1.55 bits per heavy atom. The maximum atomic E-state index is 4.07. The van der Waals surface area contributed by atoms with Gasteiger partial charge in [0.25, 0.3) is 0 Å². The standard InChI is InChI=1S/C7H12N2S2/c1-3-10-6-5-7(9-8-6)11-4-2/h3-5H2,1-2H3. The van der Waals surface area contributed by atoms with Crippen molar-refractivity contribution < 1.29 is 0 Å². The highest BCUT2D eigenvalue weighted by atomic mass is 32.2. The molecule has 0 saturated carbocycles. The molecule has 0 aliphatic carbocycles. The van der Waals surface area contributed by atoms with Gasteiger partial charge in [-0.25, -0.2) is 0 Å². The Kier molecular flexibility index (Phi) is 4.01. The lowest BCUT2D eigenvalue weighted by Crippen LogP contribution is -1.95. The lowest BCUT2D eigenvalue weighted by molar-refractivity contribution is 1.29. The van der Waals surface area contributed by atoms with Crippen LogP contribution in [0.3, 0.4) is 0 Å². The summed E-state index contributed by atoms with van der Waals surface area (Å²) < 4.78 is 0. The van der Waals surface area contributed by atoms with Gasteiger partial charge in [-0.1, -0.05) is 13.8 Å². The summed E-state index contributed by atoms with van der Waals surface area (Å²) in [5, 5.41) is 10.5. The zero-order valence-electron chi connectivity index (χ0n) is 6.83. The van der Waals surface area contributed by atoms with E-state index in [4.69, 9.17) is 0 Å². The van der Waals surface area contributed by atoms with E-state index >= 15 is 0 Å². The second kappa shape index (κ2) is 4.83. The first-order valence-electron chi connectivity index (χ1n) is 3.75. The van der Waals surface area contributed by atoms with Crippen molar-refractivity contribution in [2.24, 2.45) is 10.2 Å². The molecule has 0 radical (unpaired) electrons. The summed E-state index contributed by atoms with van der Waals surface area (Å²) in [5.74, 6) is 2.19. The molecule has 1 aliphatic heterocycles. The quantitative estimate of drug-likeness (QED) is 0.665. The summed E-state index contributed by atoms with van der Waals surface area (Å²) in [6.45, 7) is 4.27. The topological polar surface area (TPSA) is 24.7 Å². The Morgan fingerprint density at radius 1 is 1.09 bits per heavy atom. The lowest BCUT2D eigenvalue weighted by atomic mass is 10.5. The van der Waals surface area contributed by atoms with Crippen LogP contribution in [0.1, 0.15) is 20.3 Å². The summed E-state index contributed by atoms with van der Waals surface area (Å²) in [6.07, 6.45) is 0.969. The molecule has 1 rings (SSSR count). The average Bonchev–Trinajstić information content (AvgIpc) is 2.38. The van der Waals surface area contributed by atoms with Crippen molar-refractivity contribution in [3.05, 3.63) is 0 Å². The van der Waals surface area contributed by atoms with Crippen LogP contribution in [-0.2, 0) is 0 Å². The number of hydrogen-bond acceptors (Lipinski definition) is 4. The molecule has 1 heterocycles. The fraction of sp³-hybridized carbons (Fsp3) is 0.714. The molecule has 0 saturated heterocycles. The number of hydrogen-bond donors (Lipinski definition) is 0. The third-order valence-corrected chi connectivity index (χ3v) is 2.89. The SMILES string of the molecule is CCSC1=NN=C(SCC)C1. The predicted octanol–water partition coefficient (Wildman–Crippen LogP) is 2.61. The molecule has 0 N–H and O–H groups in total. The third kappa shape index (κ3) is 2.87. The monoisotopic (exact) mass is 188 g/mol. The highest BCUT2D eigenvalue weighted by molar-refractivity contribution is 8.16. The molecule has 0 aromatic rings. The first-order chi connectivity index (χ1) is 5.36. The van der Waals surface area contributed by atoms with Gasteiger partial charge in [-0.15, -0.1) is 33.7 Å². The summed E-state index contributed by atoms with van der Waals surface area (Å²) in [4.78, 5) is 0. The minimum Gasteiger partial charge on any atom is -0.147 e. The van der Waals surface area contributed by atoms with Gasteiger partial charge in [0, 0.05) is 6.42 Å². The van der Waals surface area contributed by atoms with Crippen molar-refractivity contribution in [2.75, 3.05) is 11.5 Å². The van der Waals surface area contributed by atoms with Gasteiger partial charge in [0.1, 0.15) is 10.1 Å². The van der Waals surface area contributed by atoms with Crippen LogP contribution in [0.4, 0.5) is 0 Å². The fourth-order valence-corrected chi connectivity index (χ4v) is 2.24. The van der Waals surface area contributed by atoms with Gasteiger partial charge in [0.15, 0.2) is 0 Å². The van der Waals surface area contributed by atoms with E-state index < -0.39 is 0 Å². The van der Waals surface area contributed by atoms with Crippen LogP contribution in [0.5, 0.6) is 0 Å². The van der Waals surface area contributed by atoms with Crippen LogP contribution in [-0.4, -0.2) is 21.6 Å². The Hall–Kier alpha value is 0.0400. The summed E-state index contributed by atoms with van der Waals surface area (Å²) in [6, 6.07) is 0. The normalized spacial score (nSPS) is 16.5. The second-order valence-electron chi connectivity index (χ2n) is 2.03. The van der Waals surface area contributed by atoms with Gasteiger partial charge in [0.2, 0.25) is 0 Å². The molecule has 0 spiro atoms. The molecular weight excluding hydrogens is 176 g/mol. The van der Waals surface area contributed by atoms with Crippen LogP contribution in [0, 0.1) is 0 Å². The molecular formula is C7H12N2S2. The zero-order valence-corrected chi connectivity index (χ0v) is 8.47. The van der Waals surface area contributed by atoms with E-state index in [1.807, 2.05) is 0 Å². The number of thioether (sulfide) groups is 2. The van der Waals surface area contributed by atoms with Crippen LogP contribution < -0.4 is 0 Å². The Balaban J connectivity index is 2.27. The first-order valence-corrected chi connectivity index (χ1v) is 5.73.